The molecule has 0 aliphatic rings. The standard InChI is InChI=1S/C21H30O3S/c1-2-3-4-5-6-7-8-9-10-13-16-24-21-18-15-12-11-14-17(18)19(25-21)20(22)23/h11-12,14-15H,2-10,13,16H2,1H3,(H,22,23). The molecule has 0 aliphatic carbocycles. The van der Waals surface area contributed by atoms with Gasteiger partial charge in [-0.25, -0.2) is 4.79 Å². The molecule has 0 amide bonds. The molecule has 0 radical (unpaired) electrons. The molecule has 1 aromatic heterocycles. The fourth-order valence-electron chi connectivity index (χ4n) is 3.08. The zero-order valence-corrected chi connectivity index (χ0v) is 16.1. The predicted octanol–water partition coefficient (Wildman–Crippen LogP) is 6.90. The molecule has 25 heavy (non-hydrogen) atoms. The number of hydrogen-bond donors (Lipinski definition) is 1. The number of aromatic carboxylic acids is 1. The van der Waals surface area contributed by atoms with Crippen LogP contribution < -0.4 is 4.74 Å². The summed E-state index contributed by atoms with van der Waals surface area (Å²) in [5.74, 6) is -0.880. The first-order valence-electron chi connectivity index (χ1n) is 9.61. The molecule has 138 valence electrons. The van der Waals surface area contributed by atoms with E-state index in [1.807, 2.05) is 24.3 Å². The summed E-state index contributed by atoms with van der Waals surface area (Å²) in [7, 11) is 0. The maximum atomic E-state index is 11.3. The van der Waals surface area contributed by atoms with Gasteiger partial charge in [0.15, 0.2) is 5.06 Å². The number of carboxylic acid groups (broad SMARTS) is 1. The van der Waals surface area contributed by atoms with Gasteiger partial charge in [0.05, 0.1) is 6.61 Å². The predicted molar refractivity (Wildman–Crippen MR) is 106 cm³/mol. The number of fused-ring (bicyclic) bond motifs is 1. The zero-order chi connectivity index (χ0) is 17.9. The van der Waals surface area contributed by atoms with E-state index in [9.17, 15) is 9.90 Å². The van der Waals surface area contributed by atoms with E-state index in [2.05, 4.69) is 6.92 Å². The molecule has 3 nitrogen and oxygen atoms in total. The van der Waals surface area contributed by atoms with Gasteiger partial charge >= 0.3 is 5.97 Å². The number of ether oxygens (including phenoxy) is 1. The lowest BCUT2D eigenvalue weighted by Gasteiger charge is -2.05. The largest absolute Gasteiger partial charge is 0.483 e. The second-order valence-electron chi connectivity index (χ2n) is 6.60. The van der Waals surface area contributed by atoms with Gasteiger partial charge in [-0.1, -0.05) is 94.2 Å². The van der Waals surface area contributed by atoms with Crippen molar-refractivity contribution in [2.45, 2.75) is 71.1 Å². The van der Waals surface area contributed by atoms with Crippen molar-refractivity contribution in [2.75, 3.05) is 6.61 Å². The summed E-state index contributed by atoms with van der Waals surface area (Å²) < 4.78 is 5.88. The molecule has 2 rings (SSSR count). The summed E-state index contributed by atoms with van der Waals surface area (Å²) in [6, 6.07) is 7.58. The van der Waals surface area contributed by atoms with Crippen LogP contribution in [-0.2, 0) is 0 Å². The number of benzene rings is 1. The SMILES string of the molecule is CCCCCCCCCCCCOc1sc(C(=O)O)c2ccccc12. The number of hydrogen-bond acceptors (Lipinski definition) is 3. The Balaban J connectivity index is 1.64. The Labute approximate surface area is 155 Å². The lowest BCUT2D eigenvalue weighted by molar-refractivity contribution is 0.0704. The molecule has 0 aliphatic heterocycles. The van der Waals surface area contributed by atoms with Gasteiger partial charge in [0, 0.05) is 10.8 Å². The van der Waals surface area contributed by atoms with E-state index in [1.54, 1.807) is 0 Å². The molecule has 0 saturated heterocycles. The number of thiophene rings is 1. The third-order valence-electron chi connectivity index (χ3n) is 4.51. The van der Waals surface area contributed by atoms with Crippen molar-refractivity contribution in [2.24, 2.45) is 0 Å². The minimum atomic E-state index is -0.880. The van der Waals surface area contributed by atoms with Crippen molar-refractivity contribution >= 4 is 28.1 Å². The highest BCUT2D eigenvalue weighted by molar-refractivity contribution is 7.17. The molecule has 0 atom stereocenters. The number of carboxylic acids is 1. The van der Waals surface area contributed by atoms with E-state index < -0.39 is 5.97 Å². The number of unbranched alkanes of at least 4 members (excludes halogenated alkanes) is 9. The summed E-state index contributed by atoms with van der Waals surface area (Å²) >= 11 is 1.24. The summed E-state index contributed by atoms with van der Waals surface area (Å²) in [5.41, 5.74) is 0. The molecule has 0 bridgehead atoms. The summed E-state index contributed by atoms with van der Waals surface area (Å²) in [6.45, 7) is 2.92. The summed E-state index contributed by atoms with van der Waals surface area (Å²) in [6.07, 6.45) is 13.0. The van der Waals surface area contributed by atoms with Crippen LogP contribution in [0, 0.1) is 0 Å². The third kappa shape index (κ3) is 6.35. The van der Waals surface area contributed by atoms with Gasteiger partial charge in [-0.2, -0.15) is 0 Å². The Bertz CT molecular complexity index is 648. The molecule has 0 saturated carbocycles. The molecule has 1 N–H and O–H groups in total. The van der Waals surface area contributed by atoms with Crippen LogP contribution in [0.5, 0.6) is 5.06 Å². The van der Waals surface area contributed by atoms with Crippen molar-refractivity contribution in [3.63, 3.8) is 0 Å². The van der Waals surface area contributed by atoms with E-state index in [4.69, 9.17) is 4.74 Å². The van der Waals surface area contributed by atoms with Crippen molar-refractivity contribution in [3.05, 3.63) is 29.1 Å². The average Bonchev–Trinajstić information content (AvgIpc) is 2.99. The topological polar surface area (TPSA) is 46.5 Å². The Morgan fingerprint density at radius 1 is 0.920 bits per heavy atom. The van der Waals surface area contributed by atoms with Crippen molar-refractivity contribution in [3.8, 4) is 5.06 Å². The normalized spacial score (nSPS) is 11.1. The highest BCUT2D eigenvalue weighted by Gasteiger charge is 2.16. The van der Waals surface area contributed by atoms with Crippen LogP contribution in [0.2, 0.25) is 0 Å². The second-order valence-corrected chi connectivity index (χ2v) is 7.58. The minimum Gasteiger partial charge on any atom is -0.483 e. The van der Waals surface area contributed by atoms with Crippen LogP contribution in [0.15, 0.2) is 24.3 Å². The molecule has 4 heteroatoms. The van der Waals surface area contributed by atoms with Crippen molar-refractivity contribution in [1.29, 1.82) is 0 Å². The first-order valence-corrected chi connectivity index (χ1v) is 10.4. The van der Waals surface area contributed by atoms with Crippen LogP contribution in [0.25, 0.3) is 10.8 Å². The Kier molecular flexibility index (Phi) is 8.81. The van der Waals surface area contributed by atoms with E-state index in [1.165, 1.54) is 69.1 Å². The lowest BCUT2D eigenvalue weighted by Crippen LogP contribution is -1.96. The van der Waals surface area contributed by atoms with Crippen LogP contribution in [0.1, 0.15) is 80.8 Å². The molecule has 0 spiro atoms. The smallest absolute Gasteiger partial charge is 0.346 e. The monoisotopic (exact) mass is 362 g/mol. The first-order chi connectivity index (χ1) is 12.2. The zero-order valence-electron chi connectivity index (χ0n) is 15.3. The number of rotatable bonds is 13. The second kappa shape index (κ2) is 11.1. The molecule has 1 aromatic carbocycles. The maximum absolute atomic E-state index is 11.3. The van der Waals surface area contributed by atoms with Crippen molar-refractivity contribution < 1.29 is 14.6 Å². The fourth-order valence-corrected chi connectivity index (χ4v) is 4.07. The molecular weight excluding hydrogens is 332 g/mol. The molecule has 0 unspecified atom stereocenters. The van der Waals surface area contributed by atoms with Crippen LogP contribution in [0.4, 0.5) is 0 Å². The van der Waals surface area contributed by atoms with E-state index in [0.29, 0.717) is 11.5 Å². The maximum Gasteiger partial charge on any atom is 0.346 e. The Hall–Kier alpha value is -1.55. The molecule has 2 aromatic rings. The highest BCUT2D eigenvalue weighted by Crippen LogP contribution is 2.37. The van der Waals surface area contributed by atoms with E-state index in [-0.39, 0.29) is 0 Å². The molecular formula is C21H30O3S. The Morgan fingerprint density at radius 3 is 2.08 bits per heavy atom. The first kappa shape index (κ1) is 19.8. The van der Waals surface area contributed by atoms with Crippen LogP contribution in [0.3, 0.4) is 0 Å². The van der Waals surface area contributed by atoms with Gasteiger partial charge in [-0.15, -0.1) is 0 Å². The molecule has 0 fully saturated rings. The van der Waals surface area contributed by atoms with Gasteiger partial charge in [0.25, 0.3) is 0 Å². The average molecular weight is 363 g/mol. The third-order valence-corrected chi connectivity index (χ3v) is 5.63. The highest BCUT2D eigenvalue weighted by atomic mass is 32.1. The quantitative estimate of drug-likeness (QED) is 0.394. The fraction of sp³-hybridized carbons (Fsp3) is 0.571. The van der Waals surface area contributed by atoms with Crippen LogP contribution >= 0.6 is 11.3 Å². The van der Waals surface area contributed by atoms with Crippen molar-refractivity contribution in [1.82, 2.24) is 0 Å². The minimum absolute atomic E-state index is 0.369. The Morgan fingerprint density at radius 2 is 1.48 bits per heavy atom. The number of carbonyl (C=O) groups is 1. The van der Waals surface area contributed by atoms with Crippen LogP contribution in [-0.4, -0.2) is 17.7 Å². The summed E-state index contributed by atoms with van der Waals surface area (Å²) in [4.78, 5) is 11.7. The van der Waals surface area contributed by atoms with Gasteiger partial charge in [0.1, 0.15) is 4.88 Å². The van der Waals surface area contributed by atoms with E-state index >= 15 is 0 Å². The van der Waals surface area contributed by atoms with Gasteiger partial charge < -0.3 is 9.84 Å². The summed E-state index contributed by atoms with van der Waals surface area (Å²) in [5, 5.41) is 11.7. The van der Waals surface area contributed by atoms with E-state index in [0.717, 1.165) is 22.3 Å². The van der Waals surface area contributed by atoms with Gasteiger partial charge in [-0.3, -0.25) is 0 Å². The van der Waals surface area contributed by atoms with Gasteiger partial charge in [0.2, 0.25) is 0 Å². The lowest BCUT2D eigenvalue weighted by atomic mass is 10.1. The molecule has 1 heterocycles. The van der Waals surface area contributed by atoms with Gasteiger partial charge in [-0.05, 0) is 12.5 Å².